The minimum Gasteiger partial charge on any atom is -0.425 e. The van der Waals surface area contributed by atoms with Gasteiger partial charge in [-0.25, -0.2) is 4.79 Å². The van der Waals surface area contributed by atoms with Gasteiger partial charge in [0, 0.05) is 38.4 Å². The van der Waals surface area contributed by atoms with Crippen LogP contribution in [0.5, 0.6) is 0 Å². The van der Waals surface area contributed by atoms with Crippen LogP contribution in [0, 0.1) is 5.92 Å². The number of nitrogens with zero attached hydrogens (tertiary/aromatic N) is 2. The second-order valence-electron chi connectivity index (χ2n) is 7.79. The van der Waals surface area contributed by atoms with Crippen LogP contribution in [-0.2, 0) is 21.4 Å². The van der Waals surface area contributed by atoms with Crippen molar-refractivity contribution in [1.82, 2.24) is 8.61 Å². The topological polar surface area (TPSA) is 79.0 Å². The number of carbonyl (C=O) groups is 1. The molecule has 3 rings (SSSR count). The maximum atomic E-state index is 12.2. The molecule has 2 aromatic carbocycles. The van der Waals surface area contributed by atoms with Gasteiger partial charge in [0.25, 0.3) is 10.2 Å². The van der Waals surface area contributed by atoms with Gasteiger partial charge in [0.05, 0.1) is 0 Å². The molecule has 0 saturated carbocycles. The molecule has 1 heterocycles. The zero-order chi connectivity index (χ0) is 22.4. The van der Waals surface area contributed by atoms with Crippen molar-refractivity contribution in [2.75, 3.05) is 32.5 Å². The molecular weight excluding hydrogens is 438 g/mol. The average molecular weight is 466 g/mol. The van der Waals surface area contributed by atoms with Gasteiger partial charge in [0.1, 0.15) is 0 Å². The molecule has 1 aliphatic heterocycles. The monoisotopic (exact) mass is 465 g/mol. The summed E-state index contributed by atoms with van der Waals surface area (Å²) in [5, 5.41) is 2.68. The van der Waals surface area contributed by atoms with Crippen molar-refractivity contribution < 1.29 is 17.9 Å². The summed E-state index contributed by atoms with van der Waals surface area (Å²) >= 11 is 6.13. The normalized spacial score (nSPS) is 16.8. The summed E-state index contributed by atoms with van der Waals surface area (Å²) < 4.78 is 32.5. The number of carbonyl (C=O) groups excluding carboxylic acids is 1. The zero-order valence-electron chi connectivity index (χ0n) is 17.7. The van der Waals surface area contributed by atoms with Crippen LogP contribution >= 0.6 is 11.6 Å². The van der Waals surface area contributed by atoms with Crippen LogP contribution < -0.4 is 5.32 Å². The smallest absolute Gasteiger partial charge is 0.413 e. The van der Waals surface area contributed by atoms with Crippen molar-refractivity contribution in [3.05, 3.63) is 65.7 Å². The van der Waals surface area contributed by atoms with Crippen molar-refractivity contribution in [3.63, 3.8) is 0 Å². The minimum atomic E-state index is -3.33. The minimum absolute atomic E-state index is 0.431. The molecular formula is C22H28ClN3O4S. The molecule has 1 fully saturated rings. The molecule has 2 aromatic rings. The highest BCUT2D eigenvalue weighted by Gasteiger charge is 2.29. The van der Waals surface area contributed by atoms with Crippen LogP contribution in [0.3, 0.4) is 0 Å². The largest absolute Gasteiger partial charge is 0.425 e. The first-order valence-corrected chi connectivity index (χ1v) is 12.0. The number of piperidine rings is 1. The molecule has 0 aromatic heterocycles. The van der Waals surface area contributed by atoms with Crippen molar-refractivity contribution in [3.8, 4) is 0 Å². The number of benzene rings is 2. The molecule has 9 heteroatoms. The third-order valence-electron chi connectivity index (χ3n) is 5.36. The Morgan fingerprint density at radius 3 is 2.32 bits per heavy atom. The predicted octanol–water partition coefficient (Wildman–Crippen LogP) is 4.23. The van der Waals surface area contributed by atoms with Crippen LogP contribution in [0.25, 0.3) is 0 Å². The predicted molar refractivity (Wildman–Crippen MR) is 122 cm³/mol. The third kappa shape index (κ3) is 6.43. The first-order valence-electron chi connectivity index (χ1n) is 10.2. The number of nitrogens with one attached hydrogen (secondary N) is 1. The van der Waals surface area contributed by atoms with E-state index >= 15 is 0 Å². The lowest BCUT2D eigenvalue weighted by Gasteiger charge is -2.32. The number of halogens is 1. The summed E-state index contributed by atoms with van der Waals surface area (Å²) in [4.78, 5) is 12.1. The van der Waals surface area contributed by atoms with Gasteiger partial charge in [-0.2, -0.15) is 17.0 Å². The number of amides is 1. The van der Waals surface area contributed by atoms with E-state index in [4.69, 9.17) is 16.3 Å². The first-order chi connectivity index (χ1) is 14.8. The molecule has 1 amide bonds. The Hall–Kier alpha value is -2.13. The summed E-state index contributed by atoms with van der Waals surface area (Å²) in [5.41, 5.74) is 1.62. The van der Waals surface area contributed by atoms with Gasteiger partial charge in [0.15, 0.2) is 0 Å². The van der Waals surface area contributed by atoms with Crippen molar-refractivity contribution >= 4 is 33.6 Å². The maximum Gasteiger partial charge on any atom is 0.413 e. The molecule has 7 nitrogen and oxygen atoms in total. The van der Waals surface area contributed by atoms with Gasteiger partial charge in [0.2, 0.25) is 5.56 Å². The SMILES string of the molecule is CN(C)S(=O)(=O)N1CCC(Cc2ccc(NC(=O)OC(Cl)c3ccccc3)cc2)CC1. The van der Waals surface area contributed by atoms with Crippen LogP contribution in [-0.4, -0.2) is 50.3 Å². The highest BCUT2D eigenvalue weighted by Crippen LogP contribution is 2.25. The lowest BCUT2D eigenvalue weighted by Crippen LogP contribution is -2.44. The van der Waals surface area contributed by atoms with Gasteiger partial charge in [-0.05, 0) is 42.9 Å². The van der Waals surface area contributed by atoms with E-state index in [2.05, 4.69) is 5.32 Å². The number of anilines is 1. The van der Waals surface area contributed by atoms with Crippen LogP contribution in [0.4, 0.5) is 10.5 Å². The van der Waals surface area contributed by atoms with Gasteiger partial charge in [-0.3, -0.25) is 5.32 Å². The van der Waals surface area contributed by atoms with Gasteiger partial charge < -0.3 is 4.74 Å². The molecule has 1 aliphatic rings. The van der Waals surface area contributed by atoms with Crippen LogP contribution in [0.2, 0.25) is 0 Å². The van der Waals surface area contributed by atoms with E-state index in [1.54, 1.807) is 30.5 Å². The summed E-state index contributed by atoms with van der Waals surface area (Å²) in [6, 6.07) is 16.7. The number of hydrogen-bond acceptors (Lipinski definition) is 4. The third-order valence-corrected chi connectivity index (χ3v) is 7.64. The Kier molecular flexibility index (Phi) is 7.94. The summed E-state index contributed by atoms with van der Waals surface area (Å²) in [6.07, 6.45) is 1.91. The zero-order valence-corrected chi connectivity index (χ0v) is 19.3. The van der Waals surface area contributed by atoms with Crippen molar-refractivity contribution in [1.29, 1.82) is 0 Å². The fourth-order valence-corrected chi connectivity index (χ4v) is 4.91. The van der Waals surface area contributed by atoms with E-state index in [9.17, 15) is 13.2 Å². The molecule has 168 valence electrons. The van der Waals surface area contributed by atoms with E-state index in [1.807, 2.05) is 42.5 Å². The molecule has 1 N–H and O–H groups in total. The first kappa shape index (κ1) is 23.5. The van der Waals surface area contributed by atoms with Crippen molar-refractivity contribution in [2.45, 2.75) is 24.8 Å². The van der Waals surface area contributed by atoms with Gasteiger partial charge in [-0.15, -0.1) is 0 Å². The molecule has 0 radical (unpaired) electrons. The number of rotatable bonds is 7. The second-order valence-corrected chi connectivity index (χ2v) is 10.3. The van der Waals surface area contributed by atoms with Crippen molar-refractivity contribution in [2.24, 2.45) is 5.92 Å². The maximum absolute atomic E-state index is 12.2. The lowest BCUT2D eigenvalue weighted by atomic mass is 9.91. The van der Waals surface area contributed by atoms with Gasteiger partial charge >= 0.3 is 6.09 Å². The van der Waals surface area contributed by atoms with E-state index < -0.39 is 21.9 Å². The standard InChI is InChI=1S/C22H28ClN3O4S/c1-25(2)31(28,29)26-14-12-18(13-15-26)16-17-8-10-20(11-9-17)24-22(27)30-21(23)19-6-4-3-5-7-19/h3-11,18,21H,12-16H2,1-2H3,(H,24,27). The van der Waals surface area contributed by atoms with Crippen LogP contribution in [0.15, 0.2) is 54.6 Å². The summed E-state index contributed by atoms with van der Waals surface area (Å²) in [6.45, 7) is 1.08. The highest BCUT2D eigenvalue weighted by atomic mass is 35.5. The summed E-state index contributed by atoms with van der Waals surface area (Å²) in [5.74, 6) is 0.431. The van der Waals surface area contributed by atoms with E-state index in [0.29, 0.717) is 30.3 Å². The molecule has 0 aliphatic carbocycles. The fraction of sp³-hybridized carbons (Fsp3) is 0.409. The molecule has 0 bridgehead atoms. The molecule has 0 spiro atoms. The number of alkyl halides is 1. The average Bonchev–Trinajstić information content (AvgIpc) is 2.76. The Labute approximate surface area is 189 Å². The van der Waals surface area contributed by atoms with Crippen LogP contribution in [0.1, 0.15) is 29.5 Å². The second kappa shape index (κ2) is 10.5. The Balaban J connectivity index is 1.47. The number of ether oxygens (including phenoxy) is 1. The van der Waals surface area contributed by atoms with E-state index in [0.717, 1.165) is 24.8 Å². The molecule has 31 heavy (non-hydrogen) atoms. The Morgan fingerprint density at radius 2 is 1.74 bits per heavy atom. The molecule has 1 unspecified atom stereocenters. The Morgan fingerprint density at radius 1 is 1.13 bits per heavy atom. The number of hydrogen-bond donors (Lipinski definition) is 1. The fourth-order valence-electron chi connectivity index (χ4n) is 3.55. The van der Waals surface area contributed by atoms with E-state index in [1.165, 1.54) is 4.31 Å². The molecule has 1 atom stereocenters. The molecule has 1 saturated heterocycles. The van der Waals surface area contributed by atoms with E-state index in [-0.39, 0.29) is 0 Å². The highest BCUT2D eigenvalue weighted by molar-refractivity contribution is 7.86. The lowest BCUT2D eigenvalue weighted by molar-refractivity contribution is 0.148. The van der Waals surface area contributed by atoms with Gasteiger partial charge in [-0.1, -0.05) is 54.1 Å². The quantitative estimate of drug-likeness (QED) is 0.620. The summed E-state index contributed by atoms with van der Waals surface area (Å²) in [7, 11) is -0.220. The Bertz CT molecular complexity index is 960.